The molecule has 1 aliphatic carbocycles. The Morgan fingerprint density at radius 3 is 2.26 bits per heavy atom. The molecular formula is C18H28O. The Morgan fingerprint density at radius 1 is 1.00 bits per heavy atom. The van der Waals surface area contributed by atoms with Gasteiger partial charge in [-0.2, -0.15) is 0 Å². The Hall–Kier alpha value is -0.820. The number of rotatable bonds is 6. The Kier molecular flexibility index (Phi) is 5.91. The first kappa shape index (κ1) is 14.6. The number of hydrogen-bond acceptors (Lipinski definition) is 1. The van der Waals surface area contributed by atoms with Gasteiger partial charge in [-0.05, 0) is 48.6 Å². The highest BCUT2D eigenvalue weighted by Crippen LogP contribution is 2.37. The van der Waals surface area contributed by atoms with Gasteiger partial charge in [0.2, 0.25) is 0 Å². The number of hydrogen-bond donors (Lipinski definition) is 1. The van der Waals surface area contributed by atoms with Crippen LogP contribution in [0.25, 0.3) is 0 Å². The van der Waals surface area contributed by atoms with Crippen LogP contribution in [0.15, 0.2) is 24.3 Å². The maximum absolute atomic E-state index is 9.08. The number of unbranched alkanes of at least 4 members (excludes halogenated alkanes) is 2. The molecule has 106 valence electrons. The second-order valence-corrected chi connectivity index (χ2v) is 6.11. The lowest BCUT2D eigenvalue weighted by Crippen LogP contribution is -2.13. The number of aliphatic hydroxyl groups is 1. The van der Waals surface area contributed by atoms with Crippen molar-refractivity contribution in [2.45, 2.75) is 70.8 Å². The lowest BCUT2D eigenvalue weighted by Gasteiger charge is -2.29. The Balaban J connectivity index is 1.78. The maximum atomic E-state index is 9.08. The molecule has 1 N–H and O–H groups in total. The predicted octanol–water partition coefficient (Wildman–Crippen LogP) is 5.03. The second-order valence-electron chi connectivity index (χ2n) is 6.11. The molecule has 0 radical (unpaired) electrons. The lowest BCUT2D eigenvalue weighted by atomic mass is 9.77. The number of aliphatic hydroxyl groups excluding tert-OH is 1. The molecule has 1 heteroatoms. The van der Waals surface area contributed by atoms with Crippen LogP contribution < -0.4 is 0 Å². The van der Waals surface area contributed by atoms with Crippen LogP contribution in [0.4, 0.5) is 0 Å². The topological polar surface area (TPSA) is 20.2 Å². The van der Waals surface area contributed by atoms with Crippen molar-refractivity contribution >= 4 is 0 Å². The molecular weight excluding hydrogens is 232 g/mol. The van der Waals surface area contributed by atoms with Crippen molar-refractivity contribution in [3.63, 3.8) is 0 Å². The highest BCUT2D eigenvalue weighted by Gasteiger charge is 2.21. The van der Waals surface area contributed by atoms with Gasteiger partial charge in [0.15, 0.2) is 0 Å². The molecule has 1 fully saturated rings. The van der Waals surface area contributed by atoms with Gasteiger partial charge >= 0.3 is 0 Å². The lowest BCUT2D eigenvalue weighted by molar-refractivity contribution is 0.281. The van der Waals surface area contributed by atoms with Crippen LogP contribution in [0.3, 0.4) is 0 Å². The predicted molar refractivity (Wildman–Crippen MR) is 81.2 cm³/mol. The van der Waals surface area contributed by atoms with E-state index < -0.39 is 0 Å². The third kappa shape index (κ3) is 4.35. The Bertz CT molecular complexity index is 346. The summed E-state index contributed by atoms with van der Waals surface area (Å²) < 4.78 is 0. The molecule has 19 heavy (non-hydrogen) atoms. The van der Waals surface area contributed by atoms with Gasteiger partial charge in [0.25, 0.3) is 0 Å². The maximum Gasteiger partial charge on any atom is 0.0681 e. The largest absolute Gasteiger partial charge is 0.392 e. The first-order valence-electron chi connectivity index (χ1n) is 8.03. The third-order valence-corrected chi connectivity index (χ3v) is 4.70. The van der Waals surface area contributed by atoms with E-state index in [1.54, 1.807) is 0 Å². The second kappa shape index (κ2) is 7.69. The average Bonchev–Trinajstić information content (AvgIpc) is 2.48. The van der Waals surface area contributed by atoms with Crippen molar-refractivity contribution in [2.75, 3.05) is 0 Å². The normalized spacial score (nSPS) is 23.5. The van der Waals surface area contributed by atoms with Crippen molar-refractivity contribution in [1.82, 2.24) is 0 Å². The van der Waals surface area contributed by atoms with Crippen LogP contribution in [0, 0.1) is 5.92 Å². The summed E-state index contributed by atoms with van der Waals surface area (Å²) in [6.07, 6.45) is 11.2. The zero-order chi connectivity index (χ0) is 13.5. The van der Waals surface area contributed by atoms with Crippen molar-refractivity contribution in [3.8, 4) is 0 Å². The molecule has 0 aromatic heterocycles. The van der Waals surface area contributed by atoms with E-state index in [1.807, 2.05) is 0 Å². The van der Waals surface area contributed by atoms with E-state index in [-0.39, 0.29) is 6.61 Å². The zero-order valence-corrected chi connectivity index (χ0v) is 12.3. The van der Waals surface area contributed by atoms with Gasteiger partial charge in [0, 0.05) is 0 Å². The van der Waals surface area contributed by atoms with Crippen LogP contribution in [0.2, 0.25) is 0 Å². The fourth-order valence-electron chi connectivity index (χ4n) is 3.36. The molecule has 1 aliphatic rings. The van der Waals surface area contributed by atoms with Gasteiger partial charge in [-0.3, -0.25) is 0 Å². The van der Waals surface area contributed by atoms with Crippen LogP contribution in [0.1, 0.15) is 75.3 Å². The quantitative estimate of drug-likeness (QED) is 0.711. The van der Waals surface area contributed by atoms with Crippen molar-refractivity contribution in [1.29, 1.82) is 0 Å². The molecule has 0 atom stereocenters. The number of benzene rings is 1. The van der Waals surface area contributed by atoms with Crippen LogP contribution in [-0.2, 0) is 6.61 Å². The van der Waals surface area contributed by atoms with E-state index >= 15 is 0 Å². The first-order chi connectivity index (χ1) is 9.33. The minimum atomic E-state index is 0.157. The van der Waals surface area contributed by atoms with E-state index in [2.05, 4.69) is 31.2 Å². The minimum absolute atomic E-state index is 0.157. The van der Waals surface area contributed by atoms with Gasteiger partial charge in [0.05, 0.1) is 6.61 Å². The summed E-state index contributed by atoms with van der Waals surface area (Å²) in [6.45, 7) is 2.44. The van der Waals surface area contributed by atoms with Crippen molar-refractivity contribution in [2.24, 2.45) is 5.92 Å². The standard InChI is InChI=1S/C18H28O/c1-2-3-4-5-15-6-10-17(11-7-15)18-12-8-16(14-19)9-13-18/h8-9,12-13,15,17,19H,2-7,10-11,14H2,1H3. The molecule has 0 spiro atoms. The highest BCUT2D eigenvalue weighted by atomic mass is 16.3. The zero-order valence-electron chi connectivity index (χ0n) is 12.3. The Morgan fingerprint density at radius 2 is 1.68 bits per heavy atom. The summed E-state index contributed by atoms with van der Waals surface area (Å²) in [5, 5.41) is 9.08. The van der Waals surface area contributed by atoms with Crippen LogP contribution in [0.5, 0.6) is 0 Å². The summed E-state index contributed by atoms with van der Waals surface area (Å²) in [6, 6.07) is 8.58. The summed E-state index contributed by atoms with van der Waals surface area (Å²) in [4.78, 5) is 0. The smallest absolute Gasteiger partial charge is 0.0681 e. The van der Waals surface area contributed by atoms with Gasteiger partial charge < -0.3 is 5.11 Å². The average molecular weight is 260 g/mol. The SMILES string of the molecule is CCCCCC1CCC(c2ccc(CO)cc2)CC1. The van der Waals surface area contributed by atoms with Gasteiger partial charge in [0.1, 0.15) is 0 Å². The molecule has 0 unspecified atom stereocenters. The fraction of sp³-hybridized carbons (Fsp3) is 0.667. The summed E-state index contributed by atoms with van der Waals surface area (Å²) in [7, 11) is 0. The molecule has 1 aromatic rings. The summed E-state index contributed by atoms with van der Waals surface area (Å²) >= 11 is 0. The molecule has 2 rings (SSSR count). The third-order valence-electron chi connectivity index (χ3n) is 4.70. The molecule has 0 heterocycles. The molecule has 0 saturated heterocycles. The van der Waals surface area contributed by atoms with E-state index in [0.717, 1.165) is 17.4 Å². The Labute approximate surface area is 118 Å². The fourth-order valence-corrected chi connectivity index (χ4v) is 3.36. The van der Waals surface area contributed by atoms with Crippen molar-refractivity contribution in [3.05, 3.63) is 35.4 Å². The molecule has 1 nitrogen and oxygen atoms in total. The summed E-state index contributed by atoms with van der Waals surface area (Å²) in [5.74, 6) is 1.75. The first-order valence-corrected chi connectivity index (χ1v) is 8.03. The monoisotopic (exact) mass is 260 g/mol. The molecule has 0 bridgehead atoms. The molecule has 1 saturated carbocycles. The van der Waals surface area contributed by atoms with Gasteiger partial charge in [-0.15, -0.1) is 0 Å². The molecule has 0 aliphatic heterocycles. The van der Waals surface area contributed by atoms with Gasteiger partial charge in [-0.1, -0.05) is 56.9 Å². The van der Waals surface area contributed by atoms with E-state index in [1.165, 1.54) is 56.9 Å². The van der Waals surface area contributed by atoms with Crippen molar-refractivity contribution < 1.29 is 5.11 Å². The van der Waals surface area contributed by atoms with Crippen LogP contribution >= 0.6 is 0 Å². The van der Waals surface area contributed by atoms with E-state index in [0.29, 0.717) is 0 Å². The van der Waals surface area contributed by atoms with Crippen LogP contribution in [-0.4, -0.2) is 5.11 Å². The summed E-state index contributed by atoms with van der Waals surface area (Å²) in [5.41, 5.74) is 2.50. The molecule has 1 aromatic carbocycles. The van der Waals surface area contributed by atoms with E-state index in [9.17, 15) is 0 Å². The molecule has 0 amide bonds. The van der Waals surface area contributed by atoms with Gasteiger partial charge in [-0.25, -0.2) is 0 Å². The highest BCUT2D eigenvalue weighted by molar-refractivity contribution is 5.25. The minimum Gasteiger partial charge on any atom is -0.392 e. The van der Waals surface area contributed by atoms with E-state index in [4.69, 9.17) is 5.11 Å².